The van der Waals surface area contributed by atoms with Crippen LogP contribution in [-0.4, -0.2) is 26.1 Å². The van der Waals surface area contributed by atoms with E-state index in [2.05, 4.69) is 5.32 Å². The van der Waals surface area contributed by atoms with Crippen molar-refractivity contribution < 1.29 is 18.3 Å². The molecular formula is C20H26NO4P. The van der Waals surface area contributed by atoms with Crippen molar-refractivity contribution in [3.8, 4) is 5.75 Å². The lowest BCUT2D eigenvalue weighted by atomic mass is 10.2. The Balaban J connectivity index is 2.29. The number of methoxy groups -OCH3 is 1. The summed E-state index contributed by atoms with van der Waals surface area (Å²) in [7, 11) is -1.76. The van der Waals surface area contributed by atoms with Gasteiger partial charge < -0.3 is 19.1 Å². The van der Waals surface area contributed by atoms with Gasteiger partial charge in [0, 0.05) is 5.69 Å². The van der Waals surface area contributed by atoms with Gasteiger partial charge in [-0.25, -0.2) is 0 Å². The Hall–Kier alpha value is -2.07. The van der Waals surface area contributed by atoms with Crippen LogP contribution in [0.25, 0.3) is 6.08 Å². The largest absolute Gasteiger partial charge is 0.497 e. The third kappa shape index (κ3) is 5.73. The summed E-state index contributed by atoms with van der Waals surface area (Å²) in [6.45, 7) is 4.21. The Bertz CT molecular complexity index is 721. The average Bonchev–Trinajstić information content (AvgIpc) is 2.66. The molecule has 0 heterocycles. The van der Waals surface area contributed by atoms with Crippen molar-refractivity contribution in [2.45, 2.75) is 19.6 Å². The number of hydrogen-bond donors (Lipinski definition) is 1. The van der Waals surface area contributed by atoms with Gasteiger partial charge in [0.15, 0.2) is 0 Å². The molecule has 2 aromatic rings. The molecule has 0 radical (unpaired) electrons. The first kappa shape index (κ1) is 20.2. The molecule has 0 saturated carbocycles. The van der Waals surface area contributed by atoms with Crippen LogP contribution in [-0.2, 0) is 13.6 Å². The SMILES string of the molecule is CCOP(=O)(OCC)C(/C=C/c1ccccc1)Nc1ccc(OC)cc1. The summed E-state index contributed by atoms with van der Waals surface area (Å²) >= 11 is 0. The molecule has 0 aliphatic heterocycles. The van der Waals surface area contributed by atoms with E-state index in [1.54, 1.807) is 21.0 Å². The third-order valence-corrected chi connectivity index (χ3v) is 5.85. The fourth-order valence-electron chi connectivity index (χ4n) is 2.41. The zero-order valence-corrected chi connectivity index (χ0v) is 16.3. The number of nitrogens with one attached hydrogen (secondary N) is 1. The van der Waals surface area contributed by atoms with Crippen LogP contribution in [0, 0.1) is 0 Å². The fraction of sp³-hybridized carbons (Fsp3) is 0.300. The summed E-state index contributed by atoms with van der Waals surface area (Å²) in [5, 5.41) is 3.26. The van der Waals surface area contributed by atoms with Crippen molar-refractivity contribution in [1.82, 2.24) is 0 Å². The number of hydrogen-bond acceptors (Lipinski definition) is 5. The lowest BCUT2D eigenvalue weighted by Crippen LogP contribution is -2.20. The molecule has 1 atom stereocenters. The Morgan fingerprint density at radius 1 is 1.00 bits per heavy atom. The highest BCUT2D eigenvalue weighted by Gasteiger charge is 2.33. The smallest absolute Gasteiger partial charge is 0.356 e. The Kier molecular flexibility index (Phi) is 7.92. The van der Waals surface area contributed by atoms with Crippen LogP contribution in [0.3, 0.4) is 0 Å². The molecule has 0 amide bonds. The first-order valence-corrected chi connectivity index (χ1v) is 10.2. The monoisotopic (exact) mass is 375 g/mol. The molecule has 0 aliphatic carbocycles. The molecule has 1 N–H and O–H groups in total. The van der Waals surface area contributed by atoms with E-state index in [9.17, 15) is 4.57 Å². The van der Waals surface area contributed by atoms with Gasteiger partial charge in [0.05, 0.1) is 20.3 Å². The van der Waals surface area contributed by atoms with Crippen LogP contribution in [0.2, 0.25) is 0 Å². The van der Waals surface area contributed by atoms with Gasteiger partial charge in [-0.15, -0.1) is 0 Å². The molecule has 0 fully saturated rings. The van der Waals surface area contributed by atoms with Gasteiger partial charge in [0.25, 0.3) is 0 Å². The Morgan fingerprint density at radius 3 is 2.15 bits per heavy atom. The summed E-state index contributed by atoms with van der Waals surface area (Å²) in [5.74, 6) is 0.140. The van der Waals surface area contributed by atoms with Crippen LogP contribution in [0.4, 0.5) is 5.69 Å². The topological polar surface area (TPSA) is 56.8 Å². The van der Waals surface area contributed by atoms with Gasteiger partial charge in [0.2, 0.25) is 0 Å². The molecule has 0 aliphatic rings. The summed E-state index contributed by atoms with van der Waals surface area (Å²) < 4.78 is 29.5. The van der Waals surface area contributed by atoms with E-state index in [0.29, 0.717) is 13.2 Å². The summed E-state index contributed by atoms with van der Waals surface area (Å²) in [6, 6.07) is 17.2. The summed E-state index contributed by atoms with van der Waals surface area (Å²) in [6.07, 6.45) is 3.73. The van der Waals surface area contributed by atoms with Crippen molar-refractivity contribution >= 4 is 19.4 Å². The highest BCUT2D eigenvalue weighted by Crippen LogP contribution is 2.53. The molecule has 0 bridgehead atoms. The summed E-state index contributed by atoms with van der Waals surface area (Å²) in [5.41, 5.74) is 1.81. The number of anilines is 1. The highest BCUT2D eigenvalue weighted by atomic mass is 31.2. The maximum atomic E-state index is 13.3. The molecular weight excluding hydrogens is 349 g/mol. The quantitative estimate of drug-likeness (QED) is 0.563. The van der Waals surface area contributed by atoms with Crippen LogP contribution >= 0.6 is 7.60 Å². The van der Waals surface area contributed by atoms with E-state index >= 15 is 0 Å². The maximum absolute atomic E-state index is 13.3. The molecule has 2 rings (SSSR count). The van der Waals surface area contributed by atoms with Crippen LogP contribution in [0.5, 0.6) is 5.75 Å². The van der Waals surface area contributed by atoms with Crippen LogP contribution in [0.15, 0.2) is 60.7 Å². The molecule has 140 valence electrons. The maximum Gasteiger partial charge on any atom is 0.356 e. The van der Waals surface area contributed by atoms with Crippen LogP contribution < -0.4 is 10.1 Å². The van der Waals surface area contributed by atoms with E-state index in [1.165, 1.54) is 0 Å². The molecule has 26 heavy (non-hydrogen) atoms. The van der Waals surface area contributed by atoms with Gasteiger partial charge in [-0.3, -0.25) is 4.57 Å². The van der Waals surface area contributed by atoms with Gasteiger partial charge in [-0.1, -0.05) is 36.4 Å². The van der Waals surface area contributed by atoms with Gasteiger partial charge >= 0.3 is 7.60 Å². The van der Waals surface area contributed by atoms with E-state index in [-0.39, 0.29) is 0 Å². The average molecular weight is 375 g/mol. The second-order valence-electron chi connectivity index (χ2n) is 5.46. The summed E-state index contributed by atoms with van der Waals surface area (Å²) in [4.78, 5) is 0. The van der Waals surface area contributed by atoms with E-state index < -0.39 is 13.4 Å². The molecule has 2 aromatic carbocycles. The lowest BCUT2D eigenvalue weighted by molar-refractivity contribution is 0.217. The van der Waals surface area contributed by atoms with Crippen molar-refractivity contribution in [2.75, 3.05) is 25.6 Å². The second-order valence-corrected chi connectivity index (χ2v) is 7.62. The zero-order valence-electron chi connectivity index (χ0n) is 15.4. The van der Waals surface area contributed by atoms with Crippen molar-refractivity contribution in [2.24, 2.45) is 0 Å². The van der Waals surface area contributed by atoms with E-state index in [4.69, 9.17) is 13.8 Å². The fourth-order valence-corrected chi connectivity index (χ4v) is 4.13. The molecule has 6 heteroatoms. The number of benzene rings is 2. The zero-order chi connectivity index (χ0) is 18.8. The number of ether oxygens (including phenoxy) is 1. The predicted molar refractivity (Wildman–Crippen MR) is 107 cm³/mol. The normalized spacial score (nSPS) is 12.9. The third-order valence-electron chi connectivity index (χ3n) is 3.63. The Morgan fingerprint density at radius 2 is 1.62 bits per heavy atom. The first-order chi connectivity index (χ1) is 12.6. The predicted octanol–water partition coefficient (Wildman–Crippen LogP) is 5.41. The van der Waals surface area contributed by atoms with Crippen LogP contribution in [0.1, 0.15) is 19.4 Å². The Labute approximate surface area is 155 Å². The van der Waals surface area contributed by atoms with E-state index in [0.717, 1.165) is 17.0 Å². The minimum atomic E-state index is -3.38. The number of rotatable bonds is 10. The highest BCUT2D eigenvalue weighted by molar-refractivity contribution is 7.55. The van der Waals surface area contributed by atoms with Crippen molar-refractivity contribution in [3.05, 3.63) is 66.2 Å². The van der Waals surface area contributed by atoms with E-state index in [1.807, 2.05) is 66.7 Å². The molecule has 5 nitrogen and oxygen atoms in total. The van der Waals surface area contributed by atoms with Gasteiger partial charge in [-0.2, -0.15) is 0 Å². The van der Waals surface area contributed by atoms with Gasteiger partial charge in [-0.05, 0) is 49.8 Å². The first-order valence-electron chi connectivity index (χ1n) is 8.64. The molecule has 1 unspecified atom stereocenters. The molecule has 0 aromatic heterocycles. The van der Waals surface area contributed by atoms with Crippen molar-refractivity contribution in [3.63, 3.8) is 0 Å². The minimum Gasteiger partial charge on any atom is -0.497 e. The second kappa shape index (κ2) is 10.2. The van der Waals surface area contributed by atoms with Gasteiger partial charge in [0.1, 0.15) is 11.5 Å². The lowest BCUT2D eigenvalue weighted by Gasteiger charge is -2.25. The molecule has 0 saturated heterocycles. The minimum absolute atomic E-state index is 0.303. The molecule has 0 spiro atoms. The van der Waals surface area contributed by atoms with Crippen molar-refractivity contribution in [1.29, 1.82) is 0 Å². The standard InChI is InChI=1S/C20H26NO4P/c1-4-24-26(22,25-5-2)20(16-11-17-9-7-6-8-10-17)21-18-12-14-19(23-3)15-13-18/h6-16,20-21H,4-5H2,1-3H3/b16-11+.